The first-order valence-electron chi connectivity index (χ1n) is 8.42. The molecule has 3 rings (SSSR count). The van der Waals surface area contributed by atoms with Crippen molar-refractivity contribution in [1.29, 1.82) is 0 Å². The number of nitrogens with one attached hydrogen (secondary N) is 2. The van der Waals surface area contributed by atoms with Crippen LogP contribution >= 0.6 is 0 Å². The van der Waals surface area contributed by atoms with Crippen LogP contribution in [0.3, 0.4) is 0 Å². The van der Waals surface area contributed by atoms with Gasteiger partial charge in [-0.15, -0.1) is 0 Å². The molecule has 1 heterocycles. The third-order valence-corrected chi connectivity index (χ3v) is 3.70. The Hall–Kier alpha value is -3.67. The minimum Gasteiger partial charge on any atom is -0.484 e. The van der Waals surface area contributed by atoms with E-state index in [1.165, 1.54) is 6.92 Å². The minimum atomic E-state index is -0.268. The molecule has 6 heteroatoms. The number of carbonyl (C=O) groups is 2. The molecule has 0 unspecified atom stereocenters. The first kappa shape index (κ1) is 18.1. The molecule has 136 valence electrons. The second-order valence-electron chi connectivity index (χ2n) is 5.84. The van der Waals surface area contributed by atoms with Crippen molar-refractivity contribution in [3.63, 3.8) is 0 Å². The molecule has 27 heavy (non-hydrogen) atoms. The Morgan fingerprint density at radius 3 is 2.48 bits per heavy atom. The SMILES string of the molecule is CC(=O)c1cccc(Nc2ccc(NC(=O)COc3ccccc3)cn2)c1. The summed E-state index contributed by atoms with van der Waals surface area (Å²) in [6.45, 7) is 1.44. The molecule has 1 amide bonds. The number of para-hydroxylation sites is 1. The summed E-state index contributed by atoms with van der Waals surface area (Å²) in [7, 11) is 0. The number of hydrogen-bond acceptors (Lipinski definition) is 5. The lowest BCUT2D eigenvalue weighted by atomic mass is 10.1. The number of ketones is 1. The Morgan fingerprint density at radius 1 is 0.963 bits per heavy atom. The summed E-state index contributed by atoms with van der Waals surface area (Å²) in [5.74, 6) is 0.977. The number of amides is 1. The van der Waals surface area contributed by atoms with Gasteiger partial charge in [0.1, 0.15) is 11.6 Å². The van der Waals surface area contributed by atoms with Crippen LogP contribution in [-0.4, -0.2) is 23.3 Å². The molecule has 0 spiro atoms. The van der Waals surface area contributed by atoms with Gasteiger partial charge in [0, 0.05) is 11.3 Å². The molecule has 0 aliphatic rings. The van der Waals surface area contributed by atoms with Crippen LogP contribution in [0.2, 0.25) is 0 Å². The van der Waals surface area contributed by atoms with Crippen LogP contribution in [0.15, 0.2) is 72.9 Å². The summed E-state index contributed by atoms with van der Waals surface area (Å²) < 4.78 is 5.40. The van der Waals surface area contributed by atoms with Gasteiger partial charge in [-0.25, -0.2) is 4.98 Å². The fourth-order valence-corrected chi connectivity index (χ4v) is 2.37. The summed E-state index contributed by atoms with van der Waals surface area (Å²) in [6.07, 6.45) is 1.55. The second kappa shape index (κ2) is 8.62. The summed E-state index contributed by atoms with van der Waals surface area (Å²) in [5, 5.41) is 5.85. The maximum atomic E-state index is 12.0. The normalized spacial score (nSPS) is 10.1. The van der Waals surface area contributed by atoms with Crippen LogP contribution in [0.5, 0.6) is 5.75 Å². The third-order valence-electron chi connectivity index (χ3n) is 3.70. The van der Waals surface area contributed by atoms with Crippen LogP contribution < -0.4 is 15.4 Å². The van der Waals surface area contributed by atoms with Gasteiger partial charge in [0.15, 0.2) is 12.4 Å². The number of hydrogen-bond donors (Lipinski definition) is 2. The molecule has 0 aliphatic carbocycles. The smallest absolute Gasteiger partial charge is 0.262 e. The highest BCUT2D eigenvalue weighted by atomic mass is 16.5. The molecular formula is C21H19N3O3. The zero-order chi connectivity index (χ0) is 19.1. The quantitative estimate of drug-likeness (QED) is 0.621. The molecule has 0 aliphatic heterocycles. The van der Waals surface area contributed by atoms with Gasteiger partial charge in [0.05, 0.1) is 11.9 Å². The number of aromatic nitrogens is 1. The molecule has 0 bridgehead atoms. The summed E-state index contributed by atoms with van der Waals surface area (Å²) >= 11 is 0. The van der Waals surface area contributed by atoms with Gasteiger partial charge in [0.2, 0.25) is 0 Å². The van der Waals surface area contributed by atoms with E-state index in [-0.39, 0.29) is 18.3 Å². The molecule has 0 saturated carbocycles. The molecular weight excluding hydrogens is 342 g/mol. The van der Waals surface area contributed by atoms with E-state index in [0.717, 1.165) is 5.69 Å². The molecule has 0 fully saturated rings. The van der Waals surface area contributed by atoms with E-state index in [1.54, 1.807) is 48.7 Å². The zero-order valence-electron chi connectivity index (χ0n) is 14.8. The second-order valence-corrected chi connectivity index (χ2v) is 5.84. The van der Waals surface area contributed by atoms with Crippen molar-refractivity contribution in [2.45, 2.75) is 6.92 Å². The zero-order valence-corrected chi connectivity index (χ0v) is 14.8. The standard InChI is InChI=1S/C21H19N3O3/c1-15(25)16-6-5-7-17(12-16)23-20-11-10-18(13-22-20)24-21(26)14-27-19-8-3-2-4-9-19/h2-13H,14H2,1H3,(H,22,23)(H,24,26). The van der Waals surface area contributed by atoms with Crippen LogP contribution in [0, 0.1) is 0 Å². The average Bonchev–Trinajstić information content (AvgIpc) is 2.69. The summed E-state index contributed by atoms with van der Waals surface area (Å²) in [4.78, 5) is 27.7. The lowest BCUT2D eigenvalue weighted by Crippen LogP contribution is -2.20. The van der Waals surface area contributed by atoms with Gasteiger partial charge < -0.3 is 15.4 Å². The average molecular weight is 361 g/mol. The number of ether oxygens (including phenoxy) is 1. The number of anilines is 3. The van der Waals surface area contributed by atoms with E-state index in [9.17, 15) is 9.59 Å². The maximum Gasteiger partial charge on any atom is 0.262 e. The third kappa shape index (κ3) is 5.40. The predicted molar refractivity (Wildman–Crippen MR) is 105 cm³/mol. The molecule has 1 aromatic heterocycles. The van der Waals surface area contributed by atoms with E-state index in [4.69, 9.17) is 4.74 Å². The van der Waals surface area contributed by atoms with E-state index in [1.807, 2.05) is 24.3 Å². The molecule has 3 aromatic rings. The highest BCUT2D eigenvalue weighted by molar-refractivity contribution is 5.95. The Kier molecular flexibility index (Phi) is 5.79. The Bertz CT molecular complexity index is 925. The van der Waals surface area contributed by atoms with Crippen LogP contribution in [0.25, 0.3) is 0 Å². The first-order chi connectivity index (χ1) is 13.1. The molecule has 0 saturated heterocycles. The maximum absolute atomic E-state index is 12.0. The number of rotatable bonds is 7. The first-order valence-corrected chi connectivity index (χ1v) is 8.42. The van der Waals surface area contributed by atoms with Gasteiger partial charge >= 0.3 is 0 Å². The molecule has 2 aromatic carbocycles. The van der Waals surface area contributed by atoms with Crippen molar-refractivity contribution in [3.8, 4) is 5.75 Å². The van der Waals surface area contributed by atoms with E-state index in [0.29, 0.717) is 22.8 Å². The van der Waals surface area contributed by atoms with Crippen LogP contribution in [0.1, 0.15) is 17.3 Å². The predicted octanol–water partition coefficient (Wildman–Crippen LogP) is 4.05. The summed E-state index contributed by atoms with van der Waals surface area (Å²) in [6, 6.07) is 19.8. The van der Waals surface area contributed by atoms with E-state index in [2.05, 4.69) is 15.6 Å². The highest BCUT2D eigenvalue weighted by Crippen LogP contribution is 2.18. The number of benzene rings is 2. The fraction of sp³-hybridized carbons (Fsp3) is 0.0952. The van der Waals surface area contributed by atoms with Crippen molar-refractivity contribution in [1.82, 2.24) is 4.98 Å². The molecule has 6 nitrogen and oxygen atoms in total. The number of carbonyl (C=O) groups excluding carboxylic acids is 2. The van der Waals surface area contributed by atoms with Crippen molar-refractivity contribution < 1.29 is 14.3 Å². The van der Waals surface area contributed by atoms with Crippen molar-refractivity contribution in [2.24, 2.45) is 0 Å². The van der Waals surface area contributed by atoms with Crippen LogP contribution in [0.4, 0.5) is 17.2 Å². The Balaban J connectivity index is 1.54. The number of nitrogens with zero attached hydrogens (tertiary/aromatic N) is 1. The van der Waals surface area contributed by atoms with Gasteiger partial charge in [-0.1, -0.05) is 30.3 Å². The number of pyridine rings is 1. The minimum absolute atomic E-state index is 0.00221. The largest absolute Gasteiger partial charge is 0.484 e. The van der Waals surface area contributed by atoms with Gasteiger partial charge in [-0.3, -0.25) is 9.59 Å². The monoisotopic (exact) mass is 361 g/mol. The Labute approximate surface area is 157 Å². The van der Waals surface area contributed by atoms with Gasteiger partial charge in [-0.05, 0) is 43.3 Å². The van der Waals surface area contributed by atoms with Gasteiger partial charge in [-0.2, -0.15) is 0 Å². The molecule has 0 radical (unpaired) electrons. The van der Waals surface area contributed by atoms with E-state index >= 15 is 0 Å². The van der Waals surface area contributed by atoms with Crippen molar-refractivity contribution in [3.05, 3.63) is 78.5 Å². The molecule has 0 atom stereocenters. The highest BCUT2D eigenvalue weighted by Gasteiger charge is 2.05. The lowest BCUT2D eigenvalue weighted by Gasteiger charge is -2.09. The van der Waals surface area contributed by atoms with Crippen molar-refractivity contribution >= 4 is 28.9 Å². The van der Waals surface area contributed by atoms with E-state index < -0.39 is 0 Å². The number of Topliss-reactive ketones (excluding diaryl/α,β-unsaturated/α-hetero) is 1. The van der Waals surface area contributed by atoms with Crippen molar-refractivity contribution in [2.75, 3.05) is 17.2 Å². The summed E-state index contributed by atoms with van der Waals surface area (Å²) in [5.41, 5.74) is 1.96. The fourth-order valence-electron chi connectivity index (χ4n) is 2.37. The van der Waals surface area contributed by atoms with Crippen LogP contribution in [-0.2, 0) is 4.79 Å². The van der Waals surface area contributed by atoms with Gasteiger partial charge in [0.25, 0.3) is 5.91 Å². The molecule has 2 N–H and O–H groups in total. The Morgan fingerprint density at radius 2 is 1.78 bits per heavy atom. The lowest BCUT2D eigenvalue weighted by molar-refractivity contribution is -0.118. The topological polar surface area (TPSA) is 80.3 Å².